The van der Waals surface area contributed by atoms with E-state index < -0.39 is 6.10 Å². The van der Waals surface area contributed by atoms with Crippen LogP contribution in [0.3, 0.4) is 0 Å². The normalized spacial score (nSPS) is 31.3. The van der Waals surface area contributed by atoms with Crippen molar-refractivity contribution in [3.8, 4) is 0 Å². The van der Waals surface area contributed by atoms with E-state index in [1.807, 2.05) is 24.3 Å². The van der Waals surface area contributed by atoms with Crippen molar-refractivity contribution in [2.45, 2.75) is 19.4 Å². The van der Waals surface area contributed by atoms with E-state index in [1.54, 1.807) is 0 Å². The van der Waals surface area contributed by atoms with E-state index in [9.17, 15) is 5.11 Å². The van der Waals surface area contributed by atoms with Gasteiger partial charge in [0.1, 0.15) is 0 Å². The maximum absolute atomic E-state index is 10.3. The molecule has 1 aromatic carbocycles. The molecule has 0 aliphatic heterocycles. The molecule has 1 aromatic rings. The van der Waals surface area contributed by atoms with Crippen LogP contribution in [0.15, 0.2) is 28.7 Å². The molecule has 0 aromatic heterocycles. The SMILES string of the molecule is C[C@@H]1C[C@@]1(CN)[C@@H](O)c1ccc(Br)cc1. The first-order valence-electron chi connectivity index (χ1n) is 5.24. The number of halogens is 1. The van der Waals surface area contributed by atoms with Gasteiger partial charge in [0.2, 0.25) is 0 Å². The first-order valence-corrected chi connectivity index (χ1v) is 6.03. The highest BCUT2D eigenvalue weighted by molar-refractivity contribution is 9.10. The molecule has 1 aliphatic rings. The minimum atomic E-state index is -0.425. The summed E-state index contributed by atoms with van der Waals surface area (Å²) in [7, 11) is 0. The van der Waals surface area contributed by atoms with Crippen LogP contribution in [0.1, 0.15) is 25.0 Å². The Hall–Kier alpha value is -0.380. The summed E-state index contributed by atoms with van der Waals surface area (Å²) in [6.07, 6.45) is 0.603. The minimum Gasteiger partial charge on any atom is -0.388 e. The number of hydrogen-bond acceptors (Lipinski definition) is 2. The zero-order valence-electron chi connectivity index (χ0n) is 8.78. The fourth-order valence-corrected chi connectivity index (χ4v) is 2.53. The average molecular weight is 270 g/mol. The molecule has 0 saturated heterocycles. The van der Waals surface area contributed by atoms with Crippen LogP contribution < -0.4 is 5.73 Å². The highest BCUT2D eigenvalue weighted by Gasteiger charge is 2.55. The molecule has 2 rings (SSSR count). The Kier molecular flexibility index (Phi) is 2.88. The van der Waals surface area contributed by atoms with Crippen molar-refractivity contribution in [2.24, 2.45) is 17.1 Å². The number of aliphatic hydroxyl groups excluding tert-OH is 1. The highest BCUT2D eigenvalue weighted by atomic mass is 79.9. The van der Waals surface area contributed by atoms with Crippen molar-refractivity contribution in [2.75, 3.05) is 6.54 Å². The van der Waals surface area contributed by atoms with Crippen LogP contribution in [-0.4, -0.2) is 11.7 Å². The van der Waals surface area contributed by atoms with Crippen LogP contribution in [0.4, 0.5) is 0 Å². The molecule has 2 nitrogen and oxygen atoms in total. The van der Waals surface area contributed by atoms with Crippen molar-refractivity contribution in [1.82, 2.24) is 0 Å². The van der Waals surface area contributed by atoms with Gasteiger partial charge < -0.3 is 10.8 Å². The summed E-state index contributed by atoms with van der Waals surface area (Å²) in [6, 6.07) is 7.82. The predicted molar refractivity (Wildman–Crippen MR) is 64.4 cm³/mol. The highest BCUT2D eigenvalue weighted by Crippen LogP contribution is 2.59. The quantitative estimate of drug-likeness (QED) is 0.886. The van der Waals surface area contributed by atoms with Crippen molar-refractivity contribution in [1.29, 1.82) is 0 Å². The fraction of sp³-hybridized carbons (Fsp3) is 0.500. The zero-order valence-corrected chi connectivity index (χ0v) is 10.4. The van der Waals surface area contributed by atoms with Crippen LogP contribution in [0.5, 0.6) is 0 Å². The fourth-order valence-electron chi connectivity index (χ4n) is 2.27. The van der Waals surface area contributed by atoms with Crippen molar-refractivity contribution < 1.29 is 5.11 Å². The number of nitrogens with two attached hydrogens (primary N) is 1. The molecule has 0 heterocycles. The molecular formula is C12H16BrNO. The maximum Gasteiger partial charge on any atom is 0.0860 e. The molecule has 0 amide bonds. The van der Waals surface area contributed by atoms with E-state index >= 15 is 0 Å². The van der Waals surface area contributed by atoms with Crippen molar-refractivity contribution >= 4 is 15.9 Å². The molecule has 3 heteroatoms. The summed E-state index contributed by atoms with van der Waals surface area (Å²) in [5.41, 5.74) is 6.65. The molecule has 1 fully saturated rings. The molecule has 1 aliphatic carbocycles. The van der Waals surface area contributed by atoms with Gasteiger partial charge in [0.25, 0.3) is 0 Å². The summed E-state index contributed by atoms with van der Waals surface area (Å²) in [6.45, 7) is 2.71. The van der Waals surface area contributed by atoms with Gasteiger partial charge in [-0.05, 0) is 30.0 Å². The van der Waals surface area contributed by atoms with Gasteiger partial charge in [-0.25, -0.2) is 0 Å². The number of hydrogen-bond donors (Lipinski definition) is 2. The van der Waals surface area contributed by atoms with Crippen LogP contribution in [0.2, 0.25) is 0 Å². The van der Waals surface area contributed by atoms with Crippen LogP contribution in [0.25, 0.3) is 0 Å². The lowest BCUT2D eigenvalue weighted by Crippen LogP contribution is -2.25. The van der Waals surface area contributed by atoms with Gasteiger partial charge >= 0.3 is 0 Å². The molecule has 0 spiro atoms. The summed E-state index contributed by atoms with van der Waals surface area (Å²) >= 11 is 3.38. The molecular weight excluding hydrogens is 254 g/mol. The Morgan fingerprint density at radius 3 is 2.47 bits per heavy atom. The first-order chi connectivity index (χ1) is 7.10. The lowest BCUT2D eigenvalue weighted by Gasteiger charge is -2.22. The van der Waals surface area contributed by atoms with E-state index in [1.165, 1.54) is 0 Å². The molecule has 82 valence electrons. The van der Waals surface area contributed by atoms with E-state index in [2.05, 4.69) is 22.9 Å². The van der Waals surface area contributed by atoms with Gasteiger partial charge in [0, 0.05) is 16.4 Å². The second kappa shape index (κ2) is 3.89. The van der Waals surface area contributed by atoms with Gasteiger partial charge in [-0.3, -0.25) is 0 Å². The Bertz CT molecular complexity index is 347. The summed E-state index contributed by atoms with van der Waals surface area (Å²) in [5, 5.41) is 10.3. The Labute approximate surface area is 98.6 Å². The molecule has 1 saturated carbocycles. The van der Waals surface area contributed by atoms with E-state index in [0.717, 1.165) is 16.5 Å². The zero-order chi connectivity index (χ0) is 11.1. The smallest absolute Gasteiger partial charge is 0.0860 e. The summed E-state index contributed by atoms with van der Waals surface area (Å²) < 4.78 is 1.03. The lowest BCUT2D eigenvalue weighted by atomic mass is 9.91. The van der Waals surface area contributed by atoms with E-state index in [-0.39, 0.29) is 5.41 Å². The maximum atomic E-state index is 10.3. The Morgan fingerprint density at radius 2 is 2.07 bits per heavy atom. The van der Waals surface area contributed by atoms with Crippen LogP contribution >= 0.6 is 15.9 Å². The molecule has 3 N–H and O–H groups in total. The molecule has 0 radical (unpaired) electrons. The first kappa shape index (κ1) is 11.1. The number of aliphatic hydroxyl groups is 1. The van der Waals surface area contributed by atoms with Gasteiger partial charge in [-0.1, -0.05) is 35.0 Å². The second-order valence-electron chi connectivity index (χ2n) is 4.50. The van der Waals surface area contributed by atoms with Crippen molar-refractivity contribution in [3.05, 3.63) is 34.3 Å². The molecule has 0 unspecified atom stereocenters. The second-order valence-corrected chi connectivity index (χ2v) is 5.41. The lowest BCUT2D eigenvalue weighted by molar-refractivity contribution is 0.0889. The van der Waals surface area contributed by atoms with Crippen LogP contribution in [-0.2, 0) is 0 Å². The monoisotopic (exact) mass is 269 g/mol. The third kappa shape index (κ3) is 1.84. The standard InChI is InChI=1S/C12H16BrNO/c1-8-6-12(8,7-14)11(15)9-2-4-10(13)5-3-9/h2-5,8,11,15H,6-7,14H2,1H3/t8-,11+,12+/m1/s1. The summed E-state index contributed by atoms with van der Waals surface area (Å²) in [5.74, 6) is 0.529. The predicted octanol–water partition coefficient (Wildman–Crippen LogP) is 2.47. The average Bonchev–Trinajstić information content (AvgIpc) is 2.91. The van der Waals surface area contributed by atoms with E-state index in [4.69, 9.17) is 5.73 Å². The largest absolute Gasteiger partial charge is 0.388 e. The molecule has 0 bridgehead atoms. The minimum absolute atomic E-state index is 0.0756. The Balaban J connectivity index is 2.21. The third-order valence-electron chi connectivity index (χ3n) is 3.62. The topological polar surface area (TPSA) is 46.2 Å². The molecule has 15 heavy (non-hydrogen) atoms. The number of rotatable bonds is 3. The molecule has 3 atom stereocenters. The van der Waals surface area contributed by atoms with Gasteiger partial charge in [0.15, 0.2) is 0 Å². The van der Waals surface area contributed by atoms with Gasteiger partial charge in [0.05, 0.1) is 6.10 Å². The Morgan fingerprint density at radius 1 is 1.53 bits per heavy atom. The summed E-state index contributed by atoms with van der Waals surface area (Å²) in [4.78, 5) is 0. The van der Waals surface area contributed by atoms with Crippen molar-refractivity contribution in [3.63, 3.8) is 0 Å². The van der Waals surface area contributed by atoms with Crippen LogP contribution in [0, 0.1) is 11.3 Å². The number of benzene rings is 1. The third-order valence-corrected chi connectivity index (χ3v) is 4.15. The van der Waals surface area contributed by atoms with Gasteiger partial charge in [-0.2, -0.15) is 0 Å². The van der Waals surface area contributed by atoms with E-state index in [0.29, 0.717) is 12.5 Å². The van der Waals surface area contributed by atoms with Gasteiger partial charge in [-0.15, -0.1) is 0 Å².